The van der Waals surface area contributed by atoms with E-state index in [2.05, 4.69) is 57.1 Å². The van der Waals surface area contributed by atoms with Gasteiger partial charge in [-0.25, -0.2) is 4.98 Å². The van der Waals surface area contributed by atoms with Crippen LogP contribution in [0, 0.1) is 32.9 Å². The summed E-state index contributed by atoms with van der Waals surface area (Å²) >= 11 is 0. The predicted octanol–water partition coefficient (Wildman–Crippen LogP) is 13.0. The summed E-state index contributed by atoms with van der Waals surface area (Å²) in [5, 5.41) is 0.821. The molecule has 0 saturated carbocycles. The number of benzene rings is 5. The summed E-state index contributed by atoms with van der Waals surface area (Å²) in [5.74, 6) is 1.23. The van der Waals surface area contributed by atoms with Crippen molar-refractivity contribution in [3.05, 3.63) is 161 Å². The number of nitrogens with zero attached hydrogens (tertiary/aromatic N) is 5. The van der Waals surface area contributed by atoms with Gasteiger partial charge in [0, 0.05) is 66.0 Å². The largest absolute Gasteiger partial charge is 2.00 e. The van der Waals surface area contributed by atoms with Crippen molar-refractivity contribution in [1.29, 1.82) is 0 Å². The van der Waals surface area contributed by atoms with Gasteiger partial charge in [0.05, 0.1) is 11.0 Å². The standard InChI is InChI=1S/C52H47N5O.Pt/c1-33-25-34(2)49(35(3)26-33)36-27-40(56-32-55(44-13-10-11-14-45(44)56)39-18-16-37(17-19-39)51(4,5)6)30-42(28-36)58-41-20-21-43-47(31-41)57(46-15-12-23-54-50(43)46)48-29-38(22-24-53-48)52(7,8)9;/h10-29H,1-9H3;/q;+2/i4D3,5D3,6D3,10D,11D,13D,14D;. The van der Waals surface area contributed by atoms with Crippen LogP contribution in [-0.4, -0.2) is 20.5 Å². The van der Waals surface area contributed by atoms with Gasteiger partial charge in [-0.05, 0) is 88.3 Å². The van der Waals surface area contributed by atoms with Gasteiger partial charge in [-0.1, -0.05) is 111 Å². The van der Waals surface area contributed by atoms with E-state index in [9.17, 15) is 1.37 Å². The van der Waals surface area contributed by atoms with Crippen LogP contribution in [-0.2, 0) is 31.9 Å². The Morgan fingerprint density at radius 2 is 1.47 bits per heavy atom. The third-order valence-corrected chi connectivity index (χ3v) is 10.4. The van der Waals surface area contributed by atoms with E-state index < -0.39 is 55.7 Å². The van der Waals surface area contributed by atoms with Gasteiger partial charge >= 0.3 is 27.1 Å². The van der Waals surface area contributed by atoms with Crippen LogP contribution >= 0.6 is 0 Å². The van der Waals surface area contributed by atoms with E-state index in [0.29, 0.717) is 22.6 Å². The monoisotopic (exact) mass is 965 g/mol. The first-order valence-electron chi connectivity index (χ1n) is 25.3. The Kier molecular flexibility index (Phi) is 6.86. The molecule has 6 nitrogen and oxygen atoms in total. The molecule has 59 heavy (non-hydrogen) atoms. The van der Waals surface area contributed by atoms with Crippen LogP contribution in [0.5, 0.6) is 11.5 Å². The third kappa shape index (κ3) is 7.37. The summed E-state index contributed by atoms with van der Waals surface area (Å²) in [6, 6.07) is 32.3. The molecular weight excluding hydrogens is 906 g/mol. The molecule has 0 unspecified atom stereocenters. The molecule has 294 valence electrons. The Morgan fingerprint density at radius 1 is 0.746 bits per heavy atom. The molecule has 9 rings (SSSR count). The average Bonchev–Trinajstić information content (AvgIpc) is 3.83. The van der Waals surface area contributed by atoms with Crippen molar-refractivity contribution >= 4 is 50.7 Å². The molecule has 0 aliphatic carbocycles. The quantitative estimate of drug-likeness (QED) is 0.123. The second-order valence-corrected chi connectivity index (χ2v) is 15.7. The van der Waals surface area contributed by atoms with E-state index in [-0.39, 0.29) is 55.0 Å². The van der Waals surface area contributed by atoms with Crippen LogP contribution in [0.4, 0.5) is 22.7 Å². The summed E-state index contributed by atoms with van der Waals surface area (Å²) in [7, 11) is 0. The number of aromatic nitrogens is 3. The Morgan fingerprint density at radius 3 is 2.19 bits per heavy atom. The van der Waals surface area contributed by atoms with Gasteiger partial charge in [0.1, 0.15) is 11.5 Å². The van der Waals surface area contributed by atoms with Gasteiger partial charge in [-0.3, -0.25) is 4.98 Å². The van der Waals surface area contributed by atoms with Crippen molar-refractivity contribution in [1.82, 2.24) is 23.7 Å². The first kappa shape index (κ1) is 26.9. The summed E-state index contributed by atoms with van der Waals surface area (Å²) in [5.41, 5.74) is 4.35. The van der Waals surface area contributed by atoms with Crippen molar-refractivity contribution in [2.24, 2.45) is 0 Å². The molecule has 0 amide bonds. The molecule has 0 spiro atoms. The normalized spacial score (nSPS) is 16.5. The first-order valence-corrected chi connectivity index (χ1v) is 18.8. The summed E-state index contributed by atoms with van der Waals surface area (Å²) in [6.45, 7) is 1.92. The molecule has 7 heteroatoms. The van der Waals surface area contributed by atoms with Crippen LogP contribution in [0.25, 0.3) is 38.9 Å². The summed E-state index contributed by atoms with van der Waals surface area (Å²) in [6.07, 6.45) is 3.52. The average molecular weight is 966 g/mol. The Bertz CT molecular complexity index is 3530. The zero-order valence-corrected chi connectivity index (χ0v) is 35.5. The second kappa shape index (κ2) is 15.0. The maximum atomic E-state index is 9.22. The number of aryl methyl sites for hydroxylation is 3. The Labute approximate surface area is 379 Å². The number of hydrogen-bond donors (Lipinski definition) is 0. The van der Waals surface area contributed by atoms with E-state index in [0.717, 1.165) is 56.4 Å². The number of pyridine rings is 2. The first-order chi connectivity index (χ1) is 33.1. The van der Waals surface area contributed by atoms with E-state index in [1.54, 1.807) is 18.5 Å². The van der Waals surface area contributed by atoms with Gasteiger partial charge in [0.2, 0.25) is 5.69 Å². The van der Waals surface area contributed by atoms with Gasteiger partial charge < -0.3 is 9.30 Å². The van der Waals surface area contributed by atoms with E-state index in [1.165, 1.54) is 21.3 Å². The number of hydrogen-bond acceptors (Lipinski definition) is 3. The van der Waals surface area contributed by atoms with Crippen molar-refractivity contribution in [2.45, 2.75) is 72.9 Å². The van der Waals surface area contributed by atoms with Crippen molar-refractivity contribution in [3.63, 3.8) is 0 Å². The molecule has 0 fully saturated rings. The van der Waals surface area contributed by atoms with Crippen LogP contribution in [0.15, 0.2) is 121 Å². The van der Waals surface area contributed by atoms with Crippen LogP contribution in [0.2, 0.25) is 0 Å². The van der Waals surface area contributed by atoms with E-state index in [1.807, 2.05) is 61.7 Å². The Hall–Kier alpha value is -5.93. The summed E-state index contributed by atoms with van der Waals surface area (Å²) in [4.78, 5) is 9.50. The van der Waals surface area contributed by atoms with Gasteiger partial charge in [0.15, 0.2) is 0 Å². The number of para-hydroxylation sites is 2. The SMILES string of the molecule is [2H]c1c([2H])c([2H])c2c(c1[2H])[N+](c1[c-]c(Oc3[c-]c4c(cc3)c3ncccc3n4-c3cc(C(C)(C)C)ccn3)cc(-c3c(C)cc(C)cc3C)c1)=C=[N+]2c1ccc(C(C([2H])([2H])[2H])(C([2H])([2H])[2H])C([2H])([2H])[2H])cc1.[Pt+2]. The predicted molar refractivity (Wildman–Crippen MR) is 238 cm³/mol. The summed E-state index contributed by atoms with van der Waals surface area (Å²) < 4.78 is 121. The second-order valence-electron chi connectivity index (χ2n) is 15.7. The van der Waals surface area contributed by atoms with E-state index in [4.69, 9.17) is 31.2 Å². The zero-order chi connectivity index (χ0) is 51.5. The molecule has 0 bridgehead atoms. The molecule has 0 radical (unpaired) electrons. The third-order valence-electron chi connectivity index (χ3n) is 10.4. The molecule has 5 aromatic carbocycles. The van der Waals surface area contributed by atoms with Crippen molar-refractivity contribution < 1.29 is 43.6 Å². The maximum Gasteiger partial charge on any atom is 2.00 e. The maximum absolute atomic E-state index is 9.22. The number of fused-ring (bicyclic) bond motifs is 4. The molecule has 8 aromatic rings. The van der Waals surface area contributed by atoms with Gasteiger partial charge in [-0.15, -0.1) is 23.8 Å². The van der Waals surface area contributed by atoms with Gasteiger partial charge in [-0.2, -0.15) is 6.07 Å². The van der Waals surface area contributed by atoms with Crippen molar-refractivity contribution in [3.8, 4) is 28.4 Å². The smallest absolute Gasteiger partial charge is 0.509 e. The number of ether oxygens (including phenoxy) is 1. The molecule has 4 heterocycles. The Balaban J connectivity index is 0.00000693. The zero-order valence-electron chi connectivity index (χ0n) is 46.2. The van der Waals surface area contributed by atoms with E-state index >= 15 is 0 Å². The molecule has 0 atom stereocenters. The van der Waals surface area contributed by atoms with Crippen LogP contribution < -0.4 is 13.9 Å². The number of rotatable bonds is 6. The topological polar surface area (TPSA) is 46.0 Å². The minimum Gasteiger partial charge on any atom is -0.509 e. The fraction of sp³-hybridized carbons (Fsp3) is 0.212. The van der Waals surface area contributed by atoms with Crippen LogP contribution in [0.3, 0.4) is 0 Å². The van der Waals surface area contributed by atoms with Crippen molar-refractivity contribution in [2.75, 3.05) is 0 Å². The molecule has 0 saturated heterocycles. The van der Waals surface area contributed by atoms with Gasteiger partial charge in [0.25, 0.3) is 11.4 Å². The minimum atomic E-state index is -3.50. The fourth-order valence-electron chi connectivity index (χ4n) is 7.69. The molecule has 0 N–H and O–H groups in total. The molecule has 1 aliphatic heterocycles. The van der Waals surface area contributed by atoms with Crippen LogP contribution in [0.1, 0.15) is 87.0 Å². The molecular formula is C52H47N5OPt+2. The molecule has 1 aliphatic rings. The minimum absolute atomic E-state index is 0. The fourth-order valence-corrected chi connectivity index (χ4v) is 7.69. The molecule has 3 aromatic heterocycles.